The van der Waals surface area contributed by atoms with Gasteiger partial charge in [-0.25, -0.2) is 0 Å². The van der Waals surface area contributed by atoms with Crippen molar-refractivity contribution < 1.29 is 9.53 Å². The number of halogens is 1. The molecule has 0 saturated carbocycles. The molecule has 1 fully saturated rings. The maximum Gasteiger partial charge on any atom is 0.251 e. The molecule has 0 unspecified atom stereocenters. The smallest absolute Gasteiger partial charge is 0.251 e. The normalized spacial score (nSPS) is 16.1. The minimum Gasteiger partial charge on any atom is -0.379 e. The van der Waals surface area contributed by atoms with Crippen LogP contribution in [0.1, 0.15) is 22.3 Å². The number of benzene rings is 1. The van der Waals surface area contributed by atoms with E-state index in [-0.39, 0.29) is 5.91 Å². The van der Waals surface area contributed by atoms with Crippen molar-refractivity contribution in [3.8, 4) is 0 Å². The van der Waals surface area contributed by atoms with E-state index in [9.17, 15) is 4.79 Å². The molecule has 0 aliphatic carbocycles. The second kappa shape index (κ2) is 7.62. The lowest BCUT2D eigenvalue weighted by atomic mass is 10.1. The fraction of sp³-hybridized carbons (Fsp3) is 0.533. The monoisotopic (exact) mass is 296 g/mol. The Hall–Kier alpha value is -1.10. The Bertz CT molecular complexity index is 459. The molecule has 1 heterocycles. The highest BCUT2D eigenvalue weighted by atomic mass is 35.5. The lowest BCUT2D eigenvalue weighted by molar-refractivity contribution is 0.0374. The summed E-state index contributed by atoms with van der Waals surface area (Å²) >= 11 is 5.95. The maximum absolute atomic E-state index is 12.0. The molecule has 0 spiro atoms. The standard InChI is InChI=1S/C15H21ClN2O2/c1-12-11-13(3-4-14(12)16)15(19)17-5-2-6-18-7-9-20-10-8-18/h3-4,11H,2,5-10H2,1H3,(H,17,19). The zero-order chi connectivity index (χ0) is 14.4. The summed E-state index contributed by atoms with van der Waals surface area (Å²) in [6, 6.07) is 5.34. The van der Waals surface area contributed by atoms with E-state index in [1.54, 1.807) is 12.1 Å². The molecular formula is C15H21ClN2O2. The average molecular weight is 297 g/mol. The summed E-state index contributed by atoms with van der Waals surface area (Å²) < 4.78 is 5.30. The summed E-state index contributed by atoms with van der Waals surface area (Å²) in [7, 11) is 0. The fourth-order valence-electron chi connectivity index (χ4n) is 2.22. The third-order valence-corrected chi connectivity index (χ3v) is 3.88. The largest absolute Gasteiger partial charge is 0.379 e. The van der Waals surface area contributed by atoms with Gasteiger partial charge in [-0.2, -0.15) is 0 Å². The molecule has 1 aromatic carbocycles. The van der Waals surface area contributed by atoms with Crippen LogP contribution in [0.2, 0.25) is 5.02 Å². The molecule has 1 amide bonds. The van der Waals surface area contributed by atoms with Crippen molar-refractivity contribution in [1.82, 2.24) is 10.2 Å². The van der Waals surface area contributed by atoms with Gasteiger partial charge in [0.1, 0.15) is 0 Å². The summed E-state index contributed by atoms with van der Waals surface area (Å²) in [5.41, 5.74) is 1.59. The van der Waals surface area contributed by atoms with Crippen LogP contribution in [-0.4, -0.2) is 50.2 Å². The lowest BCUT2D eigenvalue weighted by Crippen LogP contribution is -2.38. The quantitative estimate of drug-likeness (QED) is 0.846. The molecule has 5 heteroatoms. The third-order valence-electron chi connectivity index (χ3n) is 3.46. The van der Waals surface area contributed by atoms with Crippen molar-refractivity contribution in [3.05, 3.63) is 34.3 Å². The summed E-state index contributed by atoms with van der Waals surface area (Å²) in [4.78, 5) is 14.3. The molecule has 0 bridgehead atoms. The van der Waals surface area contributed by atoms with Gasteiger partial charge in [0.2, 0.25) is 0 Å². The average Bonchev–Trinajstić information content (AvgIpc) is 2.47. The molecule has 4 nitrogen and oxygen atoms in total. The minimum atomic E-state index is -0.0354. The first-order valence-corrected chi connectivity index (χ1v) is 7.39. The molecule has 0 radical (unpaired) electrons. The maximum atomic E-state index is 12.0. The number of hydrogen-bond acceptors (Lipinski definition) is 3. The van der Waals surface area contributed by atoms with Crippen LogP contribution >= 0.6 is 11.6 Å². The first-order chi connectivity index (χ1) is 9.66. The summed E-state index contributed by atoms with van der Waals surface area (Å²) in [6.45, 7) is 7.21. The summed E-state index contributed by atoms with van der Waals surface area (Å²) in [6.07, 6.45) is 0.957. The molecule has 110 valence electrons. The van der Waals surface area contributed by atoms with E-state index >= 15 is 0 Å². The van der Waals surface area contributed by atoms with Crippen molar-refractivity contribution in [2.24, 2.45) is 0 Å². The Labute approximate surface area is 125 Å². The van der Waals surface area contributed by atoms with Gasteiger partial charge in [-0.3, -0.25) is 9.69 Å². The van der Waals surface area contributed by atoms with Crippen LogP contribution in [0.15, 0.2) is 18.2 Å². The zero-order valence-electron chi connectivity index (χ0n) is 11.8. The SMILES string of the molecule is Cc1cc(C(=O)NCCCN2CCOCC2)ccc1Cl. The van der Waals surface area contributed by atoms with E-state index in [0.29, 0.717) is 17.1 Å². The lowest BCUT2D eigenvalue weighted by Gasteiger charge is -2.26. The zero-order valence-corrected chi connectivity index (χ0v) is 12.6. The van der Waals surface area contributed by atoms with Crippen LogP contribution in [0.3, 0.4) is 0 Å². The molecule has 20 heavy (non-hydrogen) atoms. The van der Waals surface area contributed by atoms with E-state index in [4.69, 9.17) is 16.3 Å². The molecule has 0 atom stereocenters. The molecule has 1 aromatic rings. The van der Waals surface area contributed by atoms with Gasteiger partial charge in [-0.15, -0.1) is 0 Å². The number of nitrogens with zero attached hydrogens (tertiary/aromatic N) is 1. The van der Waals surface area contributed by atoms with Crippen molar-refractivity contribution >= 4 is 17.5 Å². The van der Waals surface area contributed by atoms with Gasteiger partial charge < -0.3 is 10.1 Å². The van der Waals surface area contributed by atoms with E-state index in [1.807, 2.05) is 13.0 Å². The number of carbonyl (C=O) groups excluding carboxylic acids is 1. The van der Waals surface area contributed by atoms with Crippen LogP contribution in [-0.2, 0) is 4.74 Å². The molecule has 1 aliphatic heterocycles. The van der Waals surface area contributed by atoms with Crippen LogP contribution in [0.5, 0.6) is 0 Å². The number of amides is 1. The topological polar surface area (TPSA) is 41.6 Å². The van der Waals surface area contributed by atoms with Crippen molar-refractivity contribution in [2.75, 3.05) is 39.4 Å². The van der Waals surface area contributed by atoms with Gasteiger partial charge in [-0.05, 0) is 43.7 Å². The Balaban J connectivity index is 1.70. The Kier molecular flexibility index (Phi) is 5.83. The fourth-order valence-corrected chi connectivity index (χ4v) is 2.33. The van der Waals surface area contributed by atoms with Gasteiger partial charge in [0.05, 0.1) is 13.2 Å². The van der Waals surface area contributed by atoms with E-state index < -0.39 is 0 Å². The number of rotatable bonds is 5. The number of morpholine rings is 1. The van der Waals surface area contributed by atoms with Crippen LogP contribution in [0.4, 0.5) is 0 Å². The summed E-state index contributed by atoms with van der Waals surface area (Å²) in [5, 5.41) is 3.63. The van der Waals surface area contributed by atoms with E-state index in [0.717, 1.165) is 44.8 Å². The number of hydrogen-bond donors (Lipinski definition) is 1. The van der Waals surface area contributed by atoms with Gasteiger partial charge in [0.25, 0.3) is 5.91 Å². The first-order valence-electron chi connectivity index (χ1n) is 7.01. The highest BCUT2D eigenvalue weighted by Gasteiger charge is 2.10. The molecule has 1 N–H and O–H groups in total. The van der Waals surface area contributed by atoms with Gasteiger partial charge in [-0.1, -0.05) is 11.6 Å². The number of carbonyl (C=O) groups is 1. The van der Waals surface area contributed by atoms with Gasteiger partial charge >= 0.3 is 0 Å². The van der Waals surface area contributed by atoms with Gasteiger partial charge in [0.15, 0.2) is 0 Å². The van der Waals surface area contributed by atoms with Crippen LogP contribution in [0.25, 0.3) is 0 Å². The highest BCUT2D eigenvalue weighted by Crippen LogP contribution is 2.16. The van der Waals surface area contributed by atoms with E-state index in [2.05, 4.69) is 10.2 Å². The first kappa shape index (κ1) is 15.3. The Morgan fingerprint density at radius 1 is 1.40 bits per heavy atom. The van der Waals surface area contributed by atoms with Crippen molar-refractivity contribution in [2.45, 2.75) is 13.3 Å². The Morgan fingerprint density at radius 2 is 2.15 bits per heavy atom. The highest BCUT2D eigenvalue weighted by molar-refractivity contribution is 6.31. The molecule has 1 saturated heterocycles. The predicted molar refractivity (Wildman–Crippen MR) is 80.4 cm³/mol. The van der Waals surface area contributed by atoms with Crippen LogP contribution in [0, 0.1) is 6.92 Å². The minimum absolute atomic E-state index is 0.0354. The Morgan fingerprint density at radius 3 is 2.85 bits per heavy atom. The second-order valence-electron chi connectivity index (χ2n) is 5.03. The van der Waals surface area contributed by atoms with Crippen molar-refractivity contribution in [1.29, 1.82) is 0 Å². The molecule has 2 rings (SSSR count). The van der Waals surface area contributed by atoms with E-state index in [1.165, 1.54) is 0 Å². The number of ether oxygens (including phenoxy) is 1. The third kappa shape index (κ3) is 4.47. The van der Waals surface area contributed by atoms with Crippen molar-refractivity contribution in [3.63, 3.8) is 0 Å². The molecular weight excluding hydrogens is 276 g/mol. The van der Waals surface area contributed by atoms with Crippen LogP contribution < -0.4 is 5.32 Å². The van der Waals surface area contributed by atoms with Gasteiger partial charge in [0, 0.05) is 30.2 Å². The predicted octanol–water partition coefficient (Wildman–Crippen LogP) is 2.10. The summed E-state index contributed by atoms with van der Waals surface area (Å²) in [5.74, 6) is -0.0354. The molecule has 1 aliphatic rings. The number of aryl methyl sites for hydroxylation is 1. The second-order valence-corrected chi connectivity index (χ2v) is 5.43. The molecule has 0 aromatic heterocycles. The number of nitrogens with one attached hydrogen (secondary N) is 1.